The fourth-order valence-corrected chi connectivity index (χ4v) is 3.34. The maximum absolute atomic E-state index is 11.3. The summed E-state index contributed by atoms with van der Waals surface area (Å²) < 4.78 is 25.2. The van der Waals surface area contributed by atoms with Crippen molar-refractivity contribution < 1.29 is 38.4 Å². The molecule has 0 aliphatic carbocycles. The van der Waals surface area contributed by atoms with E-state index < -0.39 is 6.29 Å². The molecule has 0 saturated heterocycles. The quantitative estimate of drug-likeness (QED) is 0.159. The van der Waals surface area contributed by atoms with E-state index in [0.29, 0.717) is 33.8 Å². The van der Waals surface area contributed by atoms with Crippen LogP contribution < -0.4 is 16.2 Å². The summed E-state index contributed by atoms with van der Waals surface area (Å²) in [6.07, 6.45) is -0.530. The van der Waals surface area contributed by atoms with Gasteiger partial charge in [-0.05, 0) is 52.0 Å². The van der Waals surface area contributed by atoms with E-state index >= 15 is 0 Å². The molecular formula is C26H39BrN2O8. The van der Waals surface area contributed by atoms with Crippen molar-refractivity contribution >= 4 is 38.9 Å². The Labute approximate surface area is 227 Å². The van der Waals surface area contributed by atoms with Crippen LogP contribution in [0.5, 0.6) is 11.5 Å². The summed E-state index contributed by atoms with van der Waals surface area (Å²) in [5.74, 6) is 0.596. The van der Waals surface area contributed by atoms with Crippen LogP contribution in [-0.4, -0.2) is 69.6 Å². The number of alkyl halides is 1. The zero-order valence-corrected chi connectivity index (χ0v) is 24.3. The third-order valence-corrected chi connectivity index (χ3v) is 5.79. The second-order valence-electron chi connectivity index (χ2n) is 7.70. The largest absolute Gasteiger partial charge is 0.508 e. The first kappa shape index (κ1) is 34.3. The molecule has 2 aromatic rings. The van der Waals surface area contributed by atoms with Gasteiger partial charge in [-0.2, -0.15) is 0 Å². The number of halogens is 1. The van der Waals surface area contributed by atoms with Crippen LogP contribution >= 0.6 is 15.9 Å². The van der Waals surface area contributed by atoms with Crippen LogP contribution in [0.25, 0.3) is 0 Å². The summed E-state index contributed by atoms with van der Waals surface area (Å²) in [4.78, 5) is 22.3. The number of carbonyl (C=O) groups excluding carboxylic acids is 2. The topological polar surface area (TPSA) is 153 Å². The predicted octanol–water partition coefficient (Wildman–Crippen LogP) is 4.26. The van der Waals surface area contributed by atoms with Crippen molar-refractivity contribution in [1.82, 2.24) is 0 Å². The Balaban J connectivity index is 0.000000586. The molecule has 0 bridgehead atoms. The highest BCUT2D eigenvalue weighted by Crippen LogP contribution is 2.28. The molecule has 0 amide bonds. The van der Waals surface area contributed by atoms with Crippen molar-refractivity contribution in [3.63, 3.8) is 0 Å². The molecule has 0 unspecified atom stereocenters. The third-order valence-electron chi connectivity index (χ3n) is 5.26. The molecule has 0 aliphatic rings. The van der Waals surface area contributed by atoms with Gasteiger partial charge >= 0.3 is 0 Å². The Kier molecular flexibility index (Phi) is 16.4. The van der Waals surface area contributed by atoms with Crippen LogP contribution in [-0.2, 0) is 18.9 Å². The molecule has 208 valence electrons. The molecule has 5 N–H and O–H groups in total. The van der Waals surface area contributed by atoms with Crippen LogP contribution in [0.15, 0.2) is 24.3 Å². The molecule has 10 nitrogen and oxygen atoms in total. The van der Waals surface area contributed by atoms with E-state index in [1.165, 1.54) is 40.2 Å². The highest BCUT2D eigenvalue weighted by Gasteiger charge is 2.13. The Hall–Kier alpha value is -2.70. The number of Topliss-reactive ketones (excluding diaryl/α,β-unsaturated/α-hetero) is 2. The van der Waals surface area contributed by atoms with Gasteiger partial charge in [0.25, 0.3) is 0 Å². The van der Waals surface area contributed by atoms with Gasteiger partial charge in [0, 0.05) is 62.1 Å². The molecule has 11 heteroatoms. The number of ketones is 2. The van der Waals surface area contributed by atoms with Crippen molar-refractivity contribution in [2.24, 2.45) is 0 Å². The highest BCUT2D eigenvalue weighted by atomic mass is 79.9. The van der Waals surface area contributed by atoms with Crippen LogP contribution in [0, 0.1) is 13.8 Å². The molecule has 0 spiro atoms. The maximum atomic E-state index is 11.3. The number of nitrogens with two attached hydrogens (primary N) is 2. The number of rotatable bonds is 10. The van der Waals surface area contributed by atoms with Gasteiger partial charge in [-0.1, -0.05) is 15.9 Å². The number of benzene rings is 2. The van der Waals surface area contributed by atoms with E-state index in [1.807, 2.05) is 6.92 Å². The standard InChI is InChI=1S/C13H19NO4.C9H11NO2.C4H9BrO2/c1-8-11(18-7-12(16-3)17-4)6-5-10(9(2)15)13(8)14;1-5-8(12)4-3-7(6(2)11)9(5)10;1-6-4(3-5)7-2/h5-6,12H,7,14H2,1-4H3;3-4,12H,10H2,1-2H3;4H,3H2,1-2H3. The van der Waals surface area contributed by atoms with Crippen LogP contribution in [0.1, 0.15) is 45.7 Å². The lowest BCUT2D eigenvalue weighted by atomic mass is 10.0. The summed E-state index contributed by atoms with van der Waals surface area (Å²) in [5.41, 5.74) is 14.6. The smallest absolute Gasteiger partial charge is 0.191 e. The second-order valence-corrected chi connectivity index (χ2v) is 8.35. The average Bonchev–Trinajstić information content (AvgIpc) is 2.87. The maximum Gasteiger partial charge on any atom is 0.191 e. The van der Waals surface area contributed by atoms with Crippen molar-refractivity contribution in [2.75, 3.05) is 51.8 Å². The molecule has 0 aromatic heterocycles. The van der Waals surface area contributed by atoms with Crippen molar-refractivity contribution in [2.45, 2.75) is 40.3 Å². The lowest BCUT2D eigenvalue weighted by molar-refractivity contribution is -0.122. The number of anilines is 2. The fourth-order valence-electron chi connectivity index (χ4n) is 2.81. The van der Waals surface area contributed by atoms with Crippen molar-refractivity contribution in [1.29, 1.82) is 0 Å². The minimum atomic E-state index is -0.432. The number of ether oxygens (including phenoxy) is 5. The number of nitrogen functional groups attached to an aromatic ring is 2. The van der Waals surface area contributed by atoms with Crippen LogP contribution in [0.2, 0.25) is 0 Å². The van der Waals surface area contributed by atoms with Gasteiger partial charge in [-0.3, -0.25) is 9.59 Å². The van der Waals surface area contributed by atoms with Gasteiger partial charge in [-0.25, -0.2) is 0 Å². The summed E-state index contributed by atoms with van der Waals surface area (Å²) in [6.45, 7) is 6.68. The highest BCUT2D eigenvalue weighted by molar-refractivity contribution is 9.09. The lowest BCUT2D eigenvalue weighted by Gasteiger charge is -2.17. The van der Waals surface area contributed by atoms with Gasteiger partial charge < -0.3 is 40.3 Å². The number of aromatic hydroxyl groups is 1. The van der Waals surface area contributed by atoms with Crippen molar-refractivity contribution in [3.05, 3.63) is 46.5 Å². The van der Waals surface area contributed by atoms with Gasteiger partial charge in [0.15, 0.2) is 24.1 Å². The zero-order chi connectivity index (χ0) is 28.7. The zero-order valence-electron chi connectivity index (χ0n) is 22.7. The molecule has 37 heavy (non-hydrogen) atoms. The summed E-state index contributed by atoms with van der Waals surface area (Å²) in [6, 6.07) is 6.39. The first-order chi connectivity index (χ1) is 17.4. The molecule has 2 rings (SSSR count). The number of phenolic OH excluding ortho intramolecular Hbond substituents is 1. The minimum absolute atomic E-state index is 0.0613. The van der Waals surface area contributed by atoms with Gasteiger partial charge in [0.1, 0.15) is 18.1 Å². The summed E-state index contributed by atoms with van der Waals surface area (Å²) in [5, 5.41) is 9.94. The van der Waals surface area contributed by atoms with E-state index in [2.05, 4.69) is 15.9 Å². The Morgan fingerprint density at radius 2 is 1.24 bits per heavy atom. The molecular weight excluding hydrogens is 548 g/mol. The van der Waals surface area contributed by atoms with E-state index in [9.17, 15) is 14.7 Å². The van der Waals surface area contributed by atoms with Gasteiger partial charge in [0.05, 0.1) is 5.33 Å². The van der Waals surface area contributed by atoms with Gasteiger partial charge in [0.2, 0.25) is 0 Å². The van der Waals surface area contributed by atoms with Crippen LogP contribution in [0.4, 0.5) is 11.4 Å². The molecule has 0 atom stereocenters. The number of hydrogen-bond acceptors (Lipinski definition) is 10. The van der Waals surface area contributed by atoms with E-state index in [0.717, 1.165) is 10.9 Å². The number of phenols is 1. The number of methoxy groups -OCH3 is 4. The third kappa shape index (κ3) is 11.1. The first-order valence-corrected chi connectivity index (χ1v) is 12.3. The second kappa shape index (κ2) is 17.7. The summed E-state index contributed by atoms with van der Waals surface area (Å²) in [7, 11) is 6.29. The lowest BCUT2D eigenvalue weighted by Crippen LogP contribution is -2.22. The molecule has 0 saturated carbocycles. The Morgan fingerprint density at radius 1 is 0.811 bits per heavy atom. The molecule has 0 radical (unpaired) electrons. The minimum Gasteiger partial charge on any atom is -0.508 e. The van der Waals surface area contributed by atoms with E-state index in [-0.39, 0.29) is 30.2 Å². The average molecular weight is 588 g/mol. The number of hydrogen-bond donors (Lipinski definition) is 3. The Bertz CT molecular complexity index is 1000. The van der Waals surface area contributed by atoms with Crippen molar-refractivity contribution in [3.8, 4) is 11.5 Å². The predicted molar refractivity (Wildman–Crippen MR) is 148 cm³/mol. The molecule has 0 aliphatic heterocycles. The molecule has 2 aromatic carbocycles. The molecule has 0 heterocycles. The first-order valence-electron chi connectivity index (χ1n) is 11.2. The monoisotopic (exact) mass is 586 g/mol. The molecule has 0 fully saturated rings. The Morgan fingerprint density at radius 3 is 1.62 bits per heavy atom. The van der Waals surface area contributed by atoms with E-state index in [1.54, 1.807) is 33.3 Å². The number of carbonyl (C=O) groups is 2. The van der Waals surface area contributed by atoms with Gasteiger partial charge in [-0.15, -0.1) is 0 Å². The van der Waals surface area contributed by atoms with E-state index in [4.69, 9.17) is 35.2 Å². The fraction of sp³-hybridized carbons (Fsp3) is 0.462. The summed E-state index contributed by atoms with van der Waals surface area (Å²) >= 11 is 3.19. The normalized spacial score (nSPS) is 10.4. The SMILES string of the molecule is CC(=O)c1ccc(O)c(C)c1N.COC(CBr)OC.COC(COc1ccc(C(C)=O)c(N)c1C)OC. The van der Waals surface area contributed by atoms with Crippen LogP contribution in [0.3, 0.4) is 0 Å².